The molecule has 4 nitrogen and oxygen atoms in total. The van der Waals surface area contributed by atoms with Crippen LogP contribution in [0.15, 0.2) is 18.2 Å². The third kappa shape index (κ3) is 3.34. The van der Waals surface area contributed by atoms with Crippen LogP contribution in [0.3, 0.4) is 0 Å². The fourth-order valence-electron chi connectivity index (χ4n) is 3.54. The third-order valence-corrected chi connectivity index (χ3v) is 5.66. The molecule has 1 aliphatic carbocycles. The summed E-state index contributed by atoms with van der Waals surface area (Å²) in [5, 5.41) is 6.90. The Morgan fingerprint density at radius 2 is 2.12 bits per heavy atom. The molecule has 0 radical (unpaired) electrons. The van der Waals surface area contributed by atoms with Gasteiger partial charge in [0.05, 0.1) is 11.7 Å². The van der Waals surface area contributed by atoms with Crippen LogP contribution in [-0.2, 0) is 17.6 Å². The lowest BCUT2D eigenvalue weighted by molar-refractivity contribution is -0.117. The topological polar surface area (TPSA) is 54.0 Å². The van der Waals surface area contributed by atoms with E-state index >= 15 is 0 Å². The lowest BCUT2D eigenvalue weighted by Crippen LogP contribution is -2.35. The minimum Gasteiger partial charge on any atom is -0.306 e. The van der Waals surface area contributed by atoms with Crippen LogP contribution in [-0.4, -0.2) is 23.5 Å². The average molecular weight is 364 g/mol. The fraction of sp³-hybridized carbons (Fsp3) is 0.444. The molecule has 2 heterocycles. The van der Waals surface area contributed by atoms with Crippen molar-refractivity contribution in [2.45, 2.75) is 45.1 Å². The Hall–Kier alpha value is -1.43. The quantitative estimate of drug-likeness (QED) is 0.873. The number of nitrogens with zero attached hydrogens (tertiary/aromatic N) is 1. The number of rotatable bonds is 3. The summed E-state index contributed by atoms with van der Waals surface area (Å²) >= 11 is 1.56. The minimum atomic E-state index is -0.0670. The zero-order valence-corrected chi connectivity index (χ0v) is 15.4. The van der Waals surface area contributed by atoms with Gasteiger partial charge in [-0.15, -0.1) is 23.7 Å². The molecule has 4 rings (SSSR count). The van der Waals surface area contributed by atoms with Gasteiger partial charge in [-0.3, -0.25) is 4.79 Å². The van der Waals surface area contributed by atoms with Crippen LogP contribution < -0.4 is 10.6 Å². The largest absolute Gasteiger partial charge is 0.306 e. The highest BCUT2D eigenvalue weighted by Crippen LogP contribution is 2.33. The van der Waals surface area contributed by atoms with E-state index in [2.05, 4.69) is 40.7 Å². The summed E-state index contributed by atoms with van der Waals surface area (Å²) in [6, 6.07) is 6.60. The highest BCUT2D eigenvalue weighted by molar-refractivity contribution is 7.16. The first-order chi connectivity index (χ1) is 11.2. The molecule has 1 fully saturated rings. The monoisotopic (exact) mass is 363 g/mol. The normalized spacial score (nSPS) is 19.0. The molecular formula is C18H22ClN3OS. The van der Waals surface area contributed by atoms with Gasteiger partial charge in [-0.05, 0) is 62.8 Å². The number of amides is 1. The Balaban J connectivity index is 0.00000169. The number of nitrogens with one attached hydrogen (secondary N) is 2. The van der Waals surface area contributed by atoms with Crippen molar-refractivity contribution in [1.82, 2.24) is 10.3 Å². The molecule has 0 saturated carbocycles. The second kappa shape index (κ2) is 7.21. The lowest BCUT2D eigenvalue weighted by atomic mass is 10.0. The number of benzene rings is 1. The number of hydrogen-bond acceptors (Lipinski definition) is 4. The Kier molecular flexibility index (Phi) is 5.23. The molecule has 6 heteroatoms. The number of thiazole rings is 1. The first kappa shape index (κ1) is 17.4. The predicted octanol–water partition coefficient (Wildman–Crippen LogP) is 3.72. The number of halogens is 1. The highest BCUT2D eigenvalue weighted by Gasteiger charge is 2.23. The van der Waals surface area contributed by atoms with E-state index < -0.39 is 0 Å². The molecule has 1 aliphatic heterocycles. The Morgan fingerprint density at radius 3 is 2.92 bits per heavy atom. The number of hydrogen-bond donors (Lipinski definition) is 2. The number of aromatic nitrogens is 1. The minimum absolute atomic E-state index is 0. The molecule has 2 aromatic rings. The van der Waals surface area contributed by atoms with Gasteiger partial charge in [-0.2, -0.15) is 0 Å². The number of aryl methyl sites for hydroxylation is 3. The van der Waals surface area contributed by atoms with Gasteiger partial charge in [-0.1, -0.05) is 12.1 Å². The molecule has 1 saturated heterocycles. The van der Waals surface area contributed by atoms with E-state index in [0.717, 1.165) is 30.0 Å². The molecule has 128 valence electrons. The molecule has 1 aromatic carbocycles. The van der Waals surface area contributed by atoms with Crippen LogP contribution in [0, 0.1) is 6.92 Å². The van der Waals surface area contributed by atoms with Crippen LogP contribution in [0.5, 0.6) is 0 Å². The second-order valence-corrected chi connectivity index (χ2v) is 7.60. The van der Waals surface area contributed by atoms with Crippen molar-refractivity contribution in [1.29, 1.82) is 0 Å². The molecule has 2 aliphatic rings. The first-order valence-electron chi connectivity index (χ1n) is 8.34. The zero-order valence-electron chi connectivity index (χ0n) is 13.7. The molecule has 24 heavy (non-hydrogen) atoms. The van der Waals surface area contributed by atoms with Gasteiger partial charge in [0.2, 0.25) is 5.91 Å². The van der Waals surface area contributed by atoms with Crippen molar-refractivity contribution in [2.24, 2.45) is 0 Å². The Morgan fingerprint density at radius 1 is 1.29 bits per heavy atom. The van der Waals surface area contributed by atoms with Gasteiger partial charge in [0, 0.05) is 10.4 Å². The second-order valence-electron chi connectivity index (χ2n) is 6.40. The summed E-state index contributed by atoms with van der Waals surface area (Å²) in [5.41, 5.74) is 5.09. The van der Waals surface area contributed by atoms with Crippen molar-refractivity contribution in [3.8, 4) is 11.3 Å². The SMILES string of the molecule is Cc1sc(NC(=O)C2CCCN2)nc1-c1ccc2c(c1)CCC2.Cl. The predicted molar refractivity (Wildman–Crippen MR) is 101 cm³/mol. The maximum Gasteiger partial charge on any atom is 0.243 e. The van der Waals surface area contributed by atoms with E-state index in [-0.39, 0.29) is 24.4 Å². The molecule has 0 spiro atoms. The smallest absolute Gasteiger partial charge is 0.243 e. The summed E-state index contributed by atoms with van der Waals surface area (Å²) in [7, 11) is 0. The average Bonchev–Trinajstić information content (AvgIpc) is 3.26. The van der Waals surface area contributed by atoms with Crippen molar-refractivity contribution >= 4 is 34.8 Å². The summed E-state index contributed by atoms with van der Waals surface area (Å²) in [6.45, 7) is 3.00. The standard InChI is InChI=1S/C18H21N3OS.ClH/c1-11-16(14-8-7-12-4-2-5-13(12)10-14)20-18(23-11)21-17(22)15-6-3-9-19-15;/h7-8,10,15,19H,2-6,9H2,1H3,(H,20,21,22);1H. The van der Waals surface area contributed by atoms with Gasteiger partial charge in [0.1, 0.15) is 0 Å². The summed E-state index contributed by atoms with van der Waals surface area (Å²) in [5.74, 6) is 0.0387. The third-order valence-electron chi connectivity index (χ3n) is 4.78. The number of carbonyl (C=O) groups is 1. The van der Waals surface area contributed by atoms with Crippen molar-refractivity contribution < 1.29 is 4.79 Å². The van der Waals surface area contributed by atoms with Gasteiger partial charge < -0.3 is 10.6 Å². The Bertz CT molecular complexity index is 753. The van der Waals surface area contributed by atoms with Crippen LogP contribution in [0.4, 0.5) is 5.13 Å². The summed E-state index contributed by atoms with van der Waals surface area (Å²) in [6.07, 6.45) is 5.60. The van der Waals surface area contributed by atoms with E-state index in [1.807, 2.05) is 0 Å². The number of carbonyl (C=O) groups excluding carboxylic acids is 1. The molecule has 1 aromatic heterocycles. The molecule has 1 amide bonds. The van der Waals surface area contributed by atoms with Gasteiger partial charge in [-0.25, -0.2) is 4.98 Å². The molecule has 1 unspecified atom stereocenters. The lowest BCUT2D eigenvalue weighted by Gasteiger charge is -2.08. The van der Waals surface area contributed by atoms with Crippen molar-refractivity contribution in [3.05, 3.63) is 34.2 Å². The Labute approximate surface area is 152 Å². The maximum absolute atomic E-state index is 12.2. The van der Waals surface area contributed by atoms with Crippen molar-refractivity contribution in [3.63, 3.8) is 0 Å². The van der Waals surface area contributed by atoms with E-state index in [1.165, 1.54) is 36.0 Å². The van der Waals surface area contributed by atoms with Gasteiger partial charge in [0.25, 0.3) is 0 Å². The number of fused-ring (bicyclic) bond motifs is 1. The fourth-order valence-corrected chi connectivity index (χ4v) is 4.38. The van der Waals surface area contributed by atoms with Crippen molar-refractivity contribution in [2.75, 3.05) is 11.9 Å². The van der Waals surface area contributed by atoms with E-state index in [9.17, 15) is 4.79 Å². The molecule has 1 atom stereocenters. The zero-order chi connectivity index (χ0) is 15.8. The molecular weight excluding hydrogens is 342 g/mol. The summed E-state index contributed by atoms with van der Waals surface area (Å²) in [4.78, 5) is 18.0. The van der Waals surface area contributed by atoms with Crippen LogP contribution in [0.1, 0.15) is 35.3 Å². The molecule has 0 bridgehead atoms. The van der Waals surface area contributed by atoms with Gasteiger partial charge >= 0.3 is 0 Å². The van der Waals surface area contributed by atoms with Crippen LogP contribution >= 0.6 is 23.7 Å². The maximum atomic E-state index is 12.2. The van der Waals surface area contributed by atoms with Gasteiger partial charge in [0.15, 0.2) is 5.13 Å². The van der Waals surface area contributed by atoms with Crippen LogP contribution in [0.2, 0.25) is 0 Å². The summed E-state index contributed by atoms with van der Waals surface area (Å²) < 4.78 is 0. The number of anilines is 1. The van der Waals surface area contributed by atoms with Crippen LogP contribution in [0.25, 0.3) is 11.3 Å². The highest BCUT2D eigenvalue weighted by atomic mass is 35.5. The molecule has 2 N–H and O–H groups in total. The first-order valence-corrected chi connectivity index (χ1v) is 9.16. The van der Waals surface area contributed by atoms with E-state index in [1.54, 1.807) is 11.3 Å². The van der Waals surface area contributed by atoms with E-state index in [0.29, 0.717) is 5.13 Å². The van der Waals surface area contributed by atoms with E-state index in [4.69, 9.17) is 0 Å².